The number of nitrogens with zero attached hydrogens (tertiary/aromatic N) is 1. The van der Waals surface area contributed by atoms with Crippen LogP contribution in [0.1, 0.15) is 35.4 Å². The van der Waals surface area contributed by atoms with E-state index in [1.807, 2.05) is 35.2 Å². The average Bonchev–Trinajstić information content (AvgIpc) is 2.67. The zero-order valence-electron chi connectivity index (χ0n) is 13.8. The minimum Gasteiger partial charge on any atom is -0.392 e. The highest BCUT2D eigenvalue weighted by Gasteiger charge is 2.24. The first-order valence-electron chi connectivity index (χ1n) is 8.52. The van der Waals surface area contributed by atoms with Crippen LogP contribution in [-0.2, 0) is 13.2 Å². The summed E-state index contributed by atoms with van der Waals surface area (Å²) >= 11 is 0. The Balaban J connectivity index is 1.56. The van der Waals surface area contributed by atoms with Gasteiger partial charge in [0.1, 0.15) is 0 Å². The van der Waals surface area contributed by atoms with Gasteiger partial charge in [-0.1, -0.05) is 54.6 Å². The van der Waals surface area contributed by atoms with Crippen molar-refractivity contribution in [1.29, 1.82) is 0 Å². The average molecular weight is 324 g/mol. The molecule has 1 heterocycles. The number of hydrogen-bond acceptors (Lipinski definition) is 2. The summed E-state index contributed by atoms with van der Waals surface area (Å²) in [5, 5.41) is 12.2. The zero-order valence-corrected chi connectivity index (χ0v) is 13.8. The zero-order chi connectivity index (χ0) is 16.8. The van der Waals surface area contributed by atoms with Crippen molar-refractivity contribution >= 4 is 6.03 Å². The lowest BCUT2D eigenvalue weighted by Gasteiger charge is -2.33. The number of likely N-dealkylation sites (tertiary alicyclic amines) is 1. The molecule has 126 valence electrons. The Morgan fingerprint density at radius 1 is 1.12 bits per heavy atom. The minimum atomic E-state index is -0.00923. The molecule has 4 heteroatoms. The number of benzene rings is 2. The molecule has 24 heavy (non-hydrogen) atoms. The van der Waals surface area contributed by atoms with Gasteiger partial charge in [-0.15, -0.1) is 0 Å². The molecule has 1 aliphatic heterocycles. The van der Waals surface area contributed by atoms with Gasteiger partial charge in [-0.25, -0.2) is 4.79 Å². The van der Waals surface area contributed by atoms with Gasteiger partial charge in [0.2, 0.25) is 0 Å². The fraction of sp³-hybridized carbons (Fsp3) is 0.350. The highest BCUT2D eigenvalue weighted by molar-refractivity contribution is 5.74. The SMILES string of the molecule is O=C(NCc1cccc(CO)c1)N1CCC[C@@H](c2ccccc2)C1. The molecule has 0 unspecified atom stereocenters. The number of aliphatic hydroxyl groups excluding tert-OH is 1. The quantitative estimate of drug-likeness (QED) is 0.907. The number of aliphatic hydroxyl groups is 1. The Morgan fingerprint density at radius 3 is 2.71 bits per heavy atom. The van der Waals surface area contributed by atoms with Crippen molar-refractivity contribution in [2.24, 2.45) is 0 Å². The van der Waals surface area contributed by atoms with Crippen LogP contribution in [0.4, 0.5) is 4.79 Å². The van der Waals surface area contributed by atoms with E-state index >= 15 is 0 Å². The summed E-state index contributed by atoms with van der Waals surface area (Å²) in [6, 6.07) is 18.1. The maximum absolute atomic E-state index is 12.5. The fourth-order valence-electron chi connectivity index (χ4n) is 3.29. The summed E-state index contributed by atoms with van der Waals surface area (Å²) < 4.78 is 0. The molecule has 0 bridgehead atoms. The van der Waals surface area contributed by atoms with Crippen molar-refractivity contribution in [2.75, 3.05) is 13.1 Å². The third kappa shape index (κ3) is 4.15. The first-order chi connectivity index (χ1) is 11.8. The molecule has 3 rings (SSSR count). The summed E-state index contributed by atoms with van der Waals surface area (Å²) in [4.78, 5) is 14.4. The highest BCUT2D eigenvalue weighted by Crippen LogP contribution is 2.26. The van der Waals surface area contributed by atoms with E-state index < -0.39 is 0 Å². The molecule has 0 aliphatic carbocycles. The second-order valence-electron chi connectivity index (χ2n) is 6.33. The van der Waals surface area contributed by atoms with Gasteiger partial charge in [0.15, 0.2) is 0 Å². The second-order valence-corrected chi connectivity index (χ2v) is 6.33. The number of piperidine rings is 1. The van der Waals surface area contributed by atoms with Crippen LogP contribution in [0, 0.1) is 0 Å². The molecule has 0 radical (unpaired) electrons. The van der Waals surface area contributed by atoms with Crippen LogP contribution in [0.15, 0.2) is 54.6 Å². The van der Waals surface area contributed by atoms with Crippen LogP contribution in [-0.4, -0.2) is 29.1 Å². The first-order valence-corrected chi connectivity index (χ1v) is 8.52. The van der Waals surface area contributed by atoms with Gasteiger partial charge in [-0.3, -0.25) is 0 Å². The standard InChI is InChI=1S/C20H24N2O2/c23-15-17-7-4-6-16(12-17)13-21-20(24)22-11-5-10-19(14-22)18-8-2-1-3-9-18/h1-4,6-9,12,19,23H,5,10-11,13-15H2,(H,21,24)/t19-/m1/s1. The van der Waals surface area contributed by atoms with E-state index in [9.17, 15) is 9.90 Å². The van der Waals surface area contributed by atoms with Crippen LogP contribution in [0.5, 0.6) is 0 Å². The number of carbonyl (C=O) groups is 1. The molecular formula is C20H24N2O2. The molecule has 1 aliphatic rings. The van der Waals surface area contributed by atoms with Gasteiger partial charge < -0.3 is 15.3 Å². The molecule has 1 fully saturated rings. The molecule has 2 aromatic carbocycles. The summed E-state index contributed by atoms with van der Waals surface area (Å²) in [6.45, 7) is 2.09. The monoisotopic (exact) mass is 324 g/mol. The van der Waals surface area contributed by atoms with Crippen LogP contribution in [0.25, 0.3) is 0 Å². The summed E-state index contributed by atoms with van der Waals surface area (Å²) in [7, 11) is 0. The van der Waals surface area contributed by atoms with Crippen molar-refractivity contribution in [1.82, 2.24) is 10.2 Å². The van der Waals surface area contributed by atoms with E-state index in [2.05, 4.69) is 29.6 Å². The number of nitrogens with one attached hydrogen (secondary N) is 1. The molecule has 0 aromatic heterocycles. The molecule has 1 saturated heterocycles. The first kappa shape index (κ1) is 16.5. The molecule has 2 aromatic rings. The lowest BCUT2D eigenvalue weighted by atomic mass is 9.91. The largest absolute Gasteiger partial charge is 0.392 e. The highest BCUT2D eigenvalue weighted by atomic mass is 16.3. The van der Waals surface area contributed by atoms with E-state index in [4.69, 9.17) is 0 Å². The summed E-state index contributed by atoms with van der Waals surface area (Å²) in [5.74, 6) is 0.420. The molecule has 0 spiro atoms. The van der Waals surface area contributed by atoms with Gasteiger partial charge in [0, 0.05) is 25.6 Å². The molecule has 4 nitrogen and oxygen atoms in total. The number of hydrogen-bond donors (Lipinski definition) is 2. The Bertz CT molecular complexity index is 672. The number of urea groups is 1. The maximum Gasteiger partial charge on any atom is 0.317 e. The van der Waals surface area contributed by atoms with Gasteiger partial charge in [0.05, 0.1) is 6.61 Å². The Morgan fingerprint density at radius 2 is 1.92 bits per heavy atom. The van der Waals surface area contributed by atoms with E-state index in [1.54, 1.807) is 0 Å². The third-order valence-electron chi connectivity index (χ3n) is 4.60. The van der Waals surface area contributed by atoms with E-state index in [-0.39, 0.29) is 12.6 Å². The molecule has 0 saturated carbocycles. The third-order valence-corrected chi connectivity index (χ3v) is 4.60. The van der Waals surface area contributed by atoms with E-state index in [1.165, 1.54) is 5.56 Å². The number of rotatable bonds is 4. The van der Waals surface area contributed by atoms with E-state index in [0.29, 0.717) is 12.5 Å². The van der Waals surface area contributed by atoms with Gasteiger partial charge >= 0.3 is 6.03 Å². The van der Waals surface area contributed by atoms with Crippen molar-refractivity contribution in [2.45, 2.75) is 31.9 Å². The molecular weight excluding hydrogens is 300 g/mol. The predicted octanol–water partition coefficient (Wildman–Crippen LogP) is 3.27. The maximum atomic E-state index is 12.5. The summed E-state index contributed by atoms with van der Waals surface area (Å²) in [5.41, 5.74) is 3.18. The van der Waals surface area contributed by atoms with Crippen molar-refractivity contribution in [3.63, 3.8) is 0 Å². The van der Waals surface area contributed by atoms with Crippen LogP contribution < -0.4 is 5.32 Å². The Labute approximate surface area is 143 Å². The topological polar surface area (TPSA) is 52.6 Å². The van der Waals surface area contributed by atoms with Crippen LogP contribution in [0.2, 0.25) is 0 Å². The lowest BCUT2D eigenvalue weighted by molar-refractivity contribution is 0.179. The second kappa shape index (κ2) is 7.97. The fourth-order valence-corrected chi connectivity index (χ4v) is 3.29. The van der Waals surface area contributed by atoms with Crippen molar-refractivity contribution in [3.8, 4) is 0 Å². The van der Waals surface area contributed by atoms with Gasteiger partial charge in [0.25, 0.3) is 0 Å². The predicted molar refractivity (Wildman–Crippen MR) is 94.6 cm³/mol. The molecule has 1 atom stereocenters. The normalized spacial score (nSPS) is 17.5. The minimum absolute atomic E-state index is 0.00923. The summed E-state index contributed by atoms with van der Waals surface area (Å²) in [6.07, 6.45) is 2.17. The van der Waals surface area contributed by atoms with Gasteiger partial charge in [-0.05, 0) is 29.5 Å². The van der Waals surface area contributed by atoms with Crippen molar-refractivity contribution < 1.29 is 9.90 Å². The number of amides is 2. The Kier molecular flexibility index (Phi) is 5.49. The lowest BCUT2D eigenvalue weighted by Crippen LogP contribution is -2.44. The Hall–Kier alpha value is -2.33. The van der Waals surface area contributed by atoms with Crippen LogP contribution >= 0.6 is 0 Å². The van der Waals surface area contributed by atoms with Crippen LogP contribution in [0.3, 0.4) is 0 Å². The smallest absolute Gasteiger partial charge is 0.317 e. The van der Waals surface area contributed by atoms with E-state index in [0.717, 1.165) is 37.1 Å². The number of carbonyl (C=O) groups excluding carboxylic acids is 1. The van der Waals surface area contributed by atoms with Gasteiger partial charge in [-0.2, -0.15) is 0 Å². The molecule has 2 N–H and O–H groups in total. The molecule has 2 amide bonds. The van der Waals surface area contributed by atoms with Crippen molar-refractivity contribution in [3.05, 3.63) is 71.3 Å².